The van der Waals surface area contributed by atoms with Gasteiger partial charge < -0.3 is 9.47 Å². The molecule has 1 atom stereocenters. The third-order valence-electron chi connectivity index (χ3n) is 5.33. The molecule has 0 saturated carbocycles. The van der Waals surface area contributed by atoms with Gasteiger partial charge in [0.2, 0.25) is 0 Å². The zero-order valence-corrected chi connectivity index (χ0v) is 19.9. The van der Waals surface area contributed by atoms with Crippen molar-refractivity contribution in [3.05, 3.63) is 81.2 Å². The molecule has 1 unspecified atom stereocenters. The number of rotatable bonds is 8. The lowest BCUT2D eigenvalue weighted by Crippen LogP contribution is -2.29. The number of nitrogens with zero attached hydrogens (tertiary/aromatic N) is 4. The van der Waals surface area contributed by atoms with Crippen LogP contribution in [0.2, 0.25) is 0 Å². The van der Waals surface area contributed by atoms with E-state index in [4.69, 9.17) is 9.47 Å². The highest BCUT2D eigenvalue weighted by Gasteiger charge is 2.27. The second kappa shape index (κ2) is 10.6. The standard InChI is InChI=1S/C24H25N5O6/c1-14(25-26-23(30)17(4)28-16(3)22(29(32)33)15(2)27-28)20-11-6-7-12-21(20)35-24(31)18-9-8-10-19(13-18)34-5/h6-13,17H,1-5H3,(H,26,30). The predicted octanol–water partition coefficient (Wildman–Crippen LogP) is 3.74. The number of amides is 1. The third kappa shape index (κ3) is 5.52. The van der Waals surface area contributed by atoms with Crippen LogP contribution in [0.1, 0.15) is 47.2 Å². The SMILES string of the molecule is COc1cccc(C(=O)Oc2ccccc2C(C)=NNC(=O)C(C)n2nc(C)c([N+](=O)[O-])c2C)c1. The molecule has 3 rings (SSSR count). The van der Waals surface area contributed by atoms with E-state index in [1.165, 1.54) is 25.6 Å². The Morgan fingerprint density at radius 2 is 1.89 bits per heavy atom. The van der Waals surface area contributed by atoms with E-state index in [0.717, 1.165) is 0 Å². The number of esters is 1. The molecule has 11 heteroatoms. The molecule has 0 aliphatic heterocycles. The molecule has 0 saturated heterocycles. The van der Waals surface area contributed by atoms with Gasteiger partial charge in [-0.3, -0.25) is 19.6 Å². The highest BCUT2D eigenvalue weighted by Crippen LogP contribution is 2.25. The number of para-hydroxylation sites is 1. The molecule has 1 heterocycles. The molecule has 35 heavy (non-hydrogen) atoms. The number of carbonyl (C=O) groups excluding carboxylic acids is 2. The van der Waals surface area contributed by atoms with Gasteiger partial charge >= 0.3 is 11.7 Å². The first-order valence-electron chi connectivity index (χ1n) is 10.6. The number of methoxy groups -OCH3 is 1. The minimum Gasteiger partial charge on any atom is -0.497 e. The van der Waals surface area contributed by atoms with E-state index in [0.29, 0.717) is 22.6 Å². The molecule has 0 aliphatic rings. The molecular formula is C24H25N5O6. The first-order valence-corrected chi connectivity index (χ1v) is 10.6. The number of ether oxygens (including phenoxy) is 2. The van der Waals surface area contributed by atoms with Crippen molar-refractivity contribution in [1.82, 2.24) is 15.2 Å². The maximum Gasteiger partial charge on any atom is 0.343 e. The summed E-state index contributed by atoms with van der Waals surface area (Å²) in [5.74, 6) is -0.308. The van der Waals surface area contributed by atoms with Crippen LogP contribution in [0, 0.1) is 24.0 Å². The van der Waals surface area contributed by atoms with Crippen molar-refractivity contribution >= 4 is 23.3 Å². The fourth-order valence-electron chi connectivity index (χ4n) is 3.46. The Labute approximate surface area is 201 Å². The molecule has 1 aromatic heterocycles. The maximum atomic E-state index is 12.7. The van der Waals surface area contributed by atoms with Crippen molar-refractivity contribution in [3.63, 3.8) is 0 Å². The van der Waals surface area contributed by atoms with Crippen molar-refractivity contribution in [2.75, 3.05) is 7.11 Å². The number of hydrogen-bond acceptors (Lipinski definition) is 8. The molecule has 2 aromatic carbocycles. The van der Waals surface area contributed by atoms with Crippen molar-refractivity contribution in [3.8, 4) is 11.5 Å². The summed E-state index contributed by atoms with van der Waals surface area (Å²) in [5, 5.41) is 19.5. The number of hydrogen-bond donors (Lipinski definition) is 1. The van der Waals surface area contributed by atoms with Gasteiger partial charge in [0.1, 0.15) is 28.9 Å². The molecule has 0 aliphatic carbocycles. The summed E-state index contributed by atoms with van der Waals surface area (Å²) in [7, 11) is 1.50. The summed E-state index contributed by atoms with van der Waals surface area (Å²) in [4.78, 5) is 36.0. The number of hydrazone groups is 1. The lowest BCUT2D eigenvalue weighted by molar-refractivity contribution is -0.386. The smallest absolute Gasteiger partial charge is 0.343 e. The third-order valence-corrected chi connectivity index (χ3v) is 5.33. The number of nitro groups is 1. The van der Waals surface area contributed by atoms with Gasteiger partial charge in [0.05, 0.1) is 23.3 Å². The minimum atomic E-state index is -0.847. The zero-order chi connectivity index (χ0) is 25.7. The lowest BCUT2D eigenvalue weighted by Gasteiger charge is -2.13. The second-order valence-electron chi connectivity index (χ2n) is 7.69. The molecule has 0 fully saturated rings. The van der Waals surface area contributed by atoms with Gasteiger partial charge in [-0.25, -0.2) is 10.2 Å². The number of aryl methyl sites for hydroxylation is 1. The molecular weight excluding hydrogens is 454 g/mol. The van der Waals surface area contributed by atoms with Crippen molar-refractivity contribution < 1.29 is 24.0 Å². The largest absolute Gasteiger partial charge is 0.497 e. The Kier molecular flexibility index (Phi) is 7.59. The van der Waals surface area contributed by atoms with E-state index in [-0.39, 0.29) is 22.8 Å². The minimum absolute atomic E-state index is 0.129. The van der Waals surface area contributed by atoms with Crippen LogP contribution in [-0.4, -0.2) is 39.4 Å². The first kappa shape index (κ1) is 25.1. The quantitative estimate of drug-likeness (QED) is 0.171. The Hall–Kier alpha value is -4.54. The van der Waals surface area contributed by atoms with E-state index >= 15 is 0 Å². The molecule has 11 nitrogen and oxygen atoms in total. The number of nitrogens with one attached hydrogen (secondary N) is 1. The summed E-state index contributed by atoms with van der Waals surface area (Å²) < 4.78 is 12.0. The number of benzene rings is 2. The summed E-state index contributed by atoms with van der Waals surface area (Å²) in [6, 6.07) is 12.5. The molecule has 1 amide bonds. The summed E-state index contributed by atoms with van der Waals surface area (Å²) in [6.07, 6.45) is 0. The fourth-order valence-corrected chi connectivity index (χ4v) is 3.46. The van der Waals surface area contributed by atoms with Crippen LogP contribution in [-0.2, 0) is 4.79 Å². The predicted molar refractivity (Wildman–Crippen MR) is 128 cm³/mol. The summed E-state index contributed by atoms with van der Waals surface area (Å²) >= 11 is 0. The van der Waals surface area contributed by atoms with Crippen molar-refractivity contribution in [2.45, 2.75) is 33.7 Å². The Morgan fingerprint density at radius 3 is 2.54 bits per heavy atom. The van der Waals surface area contributed by atoms with Gasteiger partial charge in [0.15, 0.2) is 0 Å². The van der Waals surface area contributed by atoms with Crippen LogP contribution in [0.5, 0.6) is 11.5 Å². The van der Waals surface area contributed by atoms with Gasteiger partial charge in [-0.05, 0) is 58.0 Å². The van der Waals surface area contributed by atoms with Crippen LogP contribution in [0.3, 0.4) is 0 Å². The summed E-state index contributed by atoms with van der Waals surface area (Å²) in [6.45, 7) is 6.26. The van der Waals surface area contributed by atoms with Gasteiger partial charge in [-0.1, -0.05) is 18.2 Å². The van der Waals surface area contributed by atoms with Crippen LogP contribution >= 0.6 is 0 Å². The summed E-state index contributed by atoms with van der Waals surface area (Å²) in [5.41, 5.74) is 4.02. The first-order chi connectivity index (χ1) is 16.6. The van der Waals surface area contributed by atoms with E-state index in [1.54, 1.807) is 62.4 Å². The molecule has 1 N–H and O–H groups in total. The normalized spacial score (nSPS) is 12.1. The van der Waals surface area contributed by atoms with Gasteiger partial charge in [-0.2, -0.15) is 10.2 Å². The number of carbonyl (C=O) groups is 2. The fraction of sp³-hybridized carbons (Fsp3) is 0.250. The highest BCUT2D eigenvalue weighted by molar-refractivity contribution is 6.03. The van der Waals surface area contributed by atoms with E-state index in [9.17, 15) is 19.7 Å². The zero-order valence-electron chi connectivity index (χ0n) is 19.9. The molecule has 0 bridgehead atoms. The Morgan fingerprint density at radius 1 is 1.17 bits per heavy atom. The topological polar surface area (TPSA) is 138 Å². The van der Waals surface area contributed by atoms with Crippen LogP contribution in [0.15, 0.2) is 53.6 Å². The molecule has 3 aromatic rings. The molecule has 0 radical (unpaired) electrons. The van der Waals surface area contributed by atoms with Gasteiger partial charge in [0, 0.05) is 5.56 Å². The van der Waals surface area contributed by atoms with Gasteiger partial charge in [-0.15, -0.1) is 0 Å². The van der Waals surface area contributed by atoms with E-state index < -0.39 is 22.8 Å². The van der Waals surface area contributed by atoms with Crippen LogP contribution in [0.25, 0.3) is 0 Å². The van der Waals surface area contributed by atoms with Crippen LogP contribution in [0.4, 0.5) is 5.69 Å². The highest BCUT2D eigenvalue weighted by atomic mass is 16.6. The number of aromatic nitrogens is 2. The van der Waals surface area contributed by atoms with Gasteiger partial charge in [0.25, 0.3) is 5.91 Å². The monoisotopic (exact) mass is 479 g/mol. The average molecular weight is 479 g/mol. The van der Waals surface area contributed by atoms with Crippen molar-refractivity contribution in [2.24, 2.45) is 5.10 Å². The lowest BCUT2D eigenvalue weighted by atomic mass is 10.1. The average Bonchev–Trinajstić information content (AvgIpc) is 3.15. The molecule has 0 spiro atoms. The van der Waals surface area contributed by atoms with E-state index in [2.05, 4.69) is 15.6 Å². The van der Waals surface area contributed by atoms with E-state index in [1.807, 2.05) is 0 Å². The van der Waals surface area contributed by atoms with Crippen LogP contribution < -0.4 is 14.9 Å². The van der Waals surface area contributed by atoms with Crippen molar-refractivity contribution in [1.29, 1.82) is 0 Å². The molecule has 182 valence electrons. The maximum absolute atomic E-state index is 12.7. The Bertz CT molecular complexity index is 1310. The second-order valence-corrected chi connectivity index (χ2v) is 7.69. The Balaban J connectivity index is 1.77.